The number of rotatable bonds is 13. The number of aromatic nitrogens is 4. The van der Waals surface area contributed by atoms with Crippen LogP contribution >= 0.6 is 11.6 Å². The monoisotopic (exact) mass is 665 g/mol. The zero-order chi connectivity index (χ0) is 32.8. The van der Waals surface area contributed by atoms with Crippen molar-refractivity contribution >= 4 is 34.6 Å². The van der Waals surface area contributed by atoms with Gasteiger partial charge in [-0.15, -0.1) is 0 Å². The molecule has 0 aliphatic carbocycles. The van der Waals surface area contributed by atoms with Gasteiger partial charge < -0.3 is 34.5 Å². The fraction of sp³-hybridized carbons (Fsp3) is 0.400. The number of azide groups is 1. The molecule has 3 N–H and O–H groups in total. The van der Waals surface area contributed by atoms with Crippen molar-refractivity contribution in [2.45, 2.75) is 37.6 Å². The van der Waals surface area contributed by atoms with Gasteiger partial charge in [-0.25, -0.2) is 19.7 Å². The number of halogens is 1. The Morgan fingerprint density at radius 3 is 2.83 bits per heavy atom. The van der Waals surface area contributed by atoms with Crippen molar-refractivity contribution in [3.63, 3.8) is 0 Å². The largest absolute Gasteiger partial charge is 0.492 e. The first-order valence-corrected chi connectivity index (χ1v) is 15.2. The molecule has 2 aromatic heterocycles. The van der Waals surface area contributed by atoms with Crippen molar-refractivity contribution in [3.05, 3.63) is 81.7 Å². The highest BCUT2D eigenvalue weighted by Crippen LogP contribution is 2.34. The van der Waals surface area contributed by atoms with E-state index in [4.69, 9.17) is 36.1 Å². The second-order valence-corrected chi connectivity index (χ2v) is 11.3. The molecule has 2 aliphatic heterocycles. The number of carboxylic acid groups (broad SMARTS) is 1. The van der Waals surface area contributed by atoms with Crippen molar-refractivity contribution in [2.24, 2.45) is 5.11 Å². The van der Waals surface area contributed by atoms with Crippen molar-refractivity contribution in [1.82, 2.24) is 24.4 Å². The summed E-state index contributed by atoms with van der Waals surface area (Å²) in [6, 6.07) is 11.8. The number of carbonyl (C=O) groups is 1. The highest BCUT2D eigenvalue weighted by Gasteiger charge is 2.48. The van der Waals surface area contributed by atoms with E-state index in [2.05, 4.69) is 35.2 Å². The summed E-state index contributed by atoms with van der Waals surface area (Å²) < 4.78 is 24.5. The Morgan fingerprint density at radius 1 is 1.17 bits per heavy atom. The number of aliphatic hydroxyl groups excluding tert-OH is 1. The smallest absolute Gasteiger partial charge is 0.333 e. The van der Waals surface area contributed by atoms with E-state index < -0.39 is 30.4 Å². The maximum absolute atomic E-state index is 11.7. The van der Waals surface area contributed by atoms with Crippen LogP contribution in [0, 0.1) is 0 Å². The molecule has 6 rings (SSSR count). The maximum atomic E-state index is 11.7. The number of imidazole rings is 1. The average molecular weight is 666 g/mol. The lowest BCUT2D eigenvalue weighted by molar-refractivity contribution is -0.152. The first kappa shape index (κ1) is 32.2. The number of aliphatic hydroxyl groups is 1. The molecular formula is C30H32ClN9O7. The highest BCUT2D eigenvalue weighted by molar-refractivity contribution is 6.30. The lowest BCUT2D eigenvalue weighted by atomic mass is 10.1. The van der Waals surface area contributed by atoms with Crippen molar-refractivity contribution in [3.8, 4) is 11.5 Å². The summed E-state index contributed by atoms with van der Waals surface area (Å²) in [6.45, 7) is 5.32. The van der Waals surface area contributed by atoms with Crippen molar-refractivity contribution in [1.29, 1.82) is 0 Å². The first-order valence-electron chi connectivity index (χ1n) is 14.9. The predicted molar refractivity (Wildman–Crippen MR) is 168 cm³/mol. The van der Waals surface area contributed by atoms with Gasteiger partial charge in [-0.1, -0.05) is 28.8 Å². The van der Waals surface area contributed by atoms with Crippen LogP contribution in [-0.2, 0) is 27.4 Å². The lowest BCUT2D eigenvalue weighted by Gasteiger charge is -2.26. The van der Waals surface area contributed by atoms with Gasteiger partial charge in [-0.05, 0) is 41.4 Å². The second kappa shape index (κ2) is 14.8. The van der Waals surface area contributed by atoms with E-state index in [0.717, 1.165) is 49.7 Å². The number of hydrogen-bond donors (Lipinski definition) is 3. The summed E-state index contributed by atoms with van der Waals surface area (Å²) in [5, 5.41) is 27.4. The molecule has 2 saturated heterocycles. The summed E-state index contributed by atoms with van der Waals surface area (Å²) in [4.78, 5) is 29.6. The minimum Gasteiger partial charge on any atom is -0.492 e. The lowest BCUT2D eigenvalue weighted by Crippen LogP contribution is -2.38. The first-order chi connectivity index (χ1) is 22.9. The highest BCUT2D eigenvalue weighted by atomic mass is 35.5. The fourth-order valence-corrected chi connectivity index (χ4v) is 5.65. The molecule has 4 aromatic rings. The van der Waals surface area contributed by atoms with Crippen LogP contribution in [0.25, 0.3) is 21.6 Å². The molecule has 0 amide bonds. The molecule has 2 fully saturated rings. The summed E-state index contributed by atoms with van der Waals surface area (Å²) in [6.07, 6.45) is -1.55. The van der Waals surface area contributed by atoms with Crippen LogP contribution in [0.1, 0.15) is 17.4 Å². The number of morpholine rings is 1. The van der Waals surface area contributed by atoms with Crippen LogP contribution in [0.15, 0.2) is 60.2 Å². The van der Waals surface area contributed by atoms with Crippen LogP contribution in [-0.4, -0.2) is 98.3 Å². The third-order valence-electron chi connectivity index (χ3n) is 7.84. The molecule has 0 radical (unpaired) electrons. The molecule has 4 atom stereocenters. The molecule has 0 bridgehead atoms. The number of hydrogen-bond acceptors (Lipinski definition) is 12. The van der Waals surface area contributed by atoms with Crippen LogP contribution in [0.4, 0.5) is 5.82 Å². The van der Waals surface area contributed by atoms with Gasteiger partial charge in [-0.2, -0.15) is 0 Å². The van der Waals surface area contributed by atoms with Gasteiger partial charge in [0.1, 0.15) is 43.2 Å². The van der Waals surface area contributed by atoms with Crippen LogP contribution in [0.2, 0.25) is 5.02 Å². The van der Waals surface area contributed by atoms with Crippen LogP contribution in [0.3, 0.4) is 0 Å². The second-order valence-electron chi connectivity index (χ2n) is 10.9. The molecule has 16 nitrogen and oxygen atoms in total. The number of nitrogens with one attached hydrogen (secondary N) is 1. The SMILES string of the molecule is [N-]=[N+]=N[C@H]1[C@@H](O)[C@H](n2cnc3c(NCc4cc(Cl)ccc4OCc4cccc(OCCN5CCOCC5)c4)ncnc32)O[C@@H]1C(=O)O. The minimum absolute atomic E-state index is 0.266. The standard InChI is InChI=1S/C30H32ClN9O7/c31-20-4-5-22(46-15-18-2-1-3-21(12-18)45-11-8-39-6-9-44-10-7-39)19(13-20)14-33-27-24-28(35-16-34-27)40(17-36-24)29-25(41)23(37-38-32)26(47-29)30(42)43/h1-5,12-13,16-17,23,25-26,29,41H,6-11,14-15H2,(H,42,43)(H,33,34,35)/t23-,25+,26-,29+/m0/s1. The number of ether oxygens (including phenoxy) is 4. The van der Waals surface area contributed by atoms with E-state index in [1.807, 2.05) is 24.3 Å². The molecule has 0 saturated carbocycles. The third-order valence-corrected chi connectivity index (χ3v) is 8.08. The Labute approximate surface area is 273 Å². The molecule has 246 valence electrons. The zero-order valence-corrected chi connectivity index (χ0v) is 25.8. The summed E-state index contributed by atoms with van der Waals surface area (Å²) in [5.41, 5.74) is 11.2. The average Bonchev–Trinajstić information content (AvgIpc) is 3.65. The Kier molecular flexibility index (Phi) is 10.2. The zero-order valence-electron chi connectivity index (χ0n) is 25.1. The fourth-order valence-electron chi connectivity index (χ4n) is 5.46. The molecule has 2 aliphatic rings. The predicted octanol–water partition coefficient (Wildman–Crippen LogP) is 3.40. The molecule has 0 unspecified atom stereocenters. The van der Waals surface area contributed by atoms with E-state index in [1.165, 1.54) is 17.2 Å². The van der Waals surface area contributed by atoms with E-state index >= 15 is 0 Å². The number of aliphatic carboxylic acids is 1. The Bertz CT molecular complexity index is 1760. The number of nitrogens with zero attached hydrogens (tertiary/aromatic N) is 8. The van der Waals surface area contributed by atoms with Gasteiger partial charge in [0.15, 0.2) is 29.3 Å². The number of carboxylic acids is 1. The van der Waals surface area contributed by atoms with Crippen molar-refractivity contribution in [2.75, 3.05) is 44.8 Å². The third kappa shape index (κ3) is 7.49. The molecule has 17 heteroatoms. The van der Waals surface area contributed by atoms with Gasteiger partial charge in [0.25, 0.3) is 0 Å². The minimum atomic E-state index is -1.54. The quantitative estimate of drug-likeness (QED) is 0.107. The van der Waals surface area contributed by atoms with Crippen LogP contribution < -0.4 is 14.8 Å². The maximum Gasteiger partial charge on any atom is 0.333 e. The number of benzene rings is 2. The number of fused-ring (bicyclic) bond motifs is 1. The Morgan fingerprint density at radius 2 is 2.02 bits per heavy atom. The van der Waals surface area contributed by atoms with Gasteiger partial charge in [-0.3, -0.25) is 9.47 Å². The topological polar surface area (TPSA) is 202 Å². The van der Waals surface area contributed by atoms with E-state index in [0.29, 0.717) is 35.3 Å². The Balaban J connectivity index is 1.11. The Hall–Kier alpha value is -4.70. The summed E-state index contributed by atoms with van der Waals surface area (Å²) in [5.74, 6) is 0.385. The van der Waals surface area contributed by atoms with E-state index in [1.54, 1.807) is 18.2 Å². The summed E-state index contributed by atoms with van der Waals surface area (Å²) >= 11 is 6.33. The van der Waals surface area contributed by atoms with E-state index in [-0.39, 0.29) is 12.2 Å². The normalized spacial score (nSPS) is 21.3. The van der Waals surface area contributed by atoms with Gasteiger partial charge in [0.05, 0.1) is 19.5 Å². The molecule has 0 spiro atoms. The molecule has 4 heterocycles. The van der Waals surface area contributed by atoms with Gasteiger partial charge in [0, 0.05) is 41.7 Å². The molecule has 2 aromatic carbocycles. The summed E-state index contributed by atoms with van der Waals surface area (Å²) in [7, 11) is 0. The molecular weight excluding hydrogens is 634 g/mol. The molecule has 47 heavy (non-hydrogen) atoms. The van der Waals surface area contributed by atoms with E-state index in [9.17, 15) is 15.0 Å². The number of anilines is 1. The van der Waals surface area contributed by atoms with Crippen LogP contribution in [0.5, 0.6) is 11.5 Å². The van der Waals surface area contributed by atoms with Gasteiger partial charge >= 0.3 is 5.97 Å². The van der Waals surface area contributed by atoms with Gasteiger partial charge in [0.2, 0.25) is 0 Å². The van der Waals surface area contributed by atoms with Crippen molar-refractivity contribution < 1.29 is 34.0 Å².